The summed E-state index contributed by atoms with van der Waals surface area (Å²) in [5.74, 6) is -0.386. The second-order valence-electron chi connectivity index (χ2n) is 8.42. The molecule has 4 aromatic rings. The predicted octanol–water partition coefficient (Wildman–Crippen LogP) is 5.64. The van der Waals surface area contributed by atoms with Crippen molar-refractivity contribution in [2.24, 2.45) is 0 Å². The number of hydrogen-bond acceptors (Lipinski definition) is 4. The number of piperidine rings is 1. The van der Waals surface area contributed by atoms with E-state index in [1.54, 1.807) is 22.8 Å². The quantitative estimate of drug-likeness (QED) is 0.354. The summed E-state index contributed by atoms with van der Waals surface area (Å²) in [5.41, 5.74) is 1.83. The van der Waals surface area contributed by atoms with Crippen LogP contribution in [0.5, 0.6) is 0 Å². The highest BCUT2D eigenvalue weighted by Crippen LogP contribution is 2.33. The lowest BCUT2D eigenvalue weighted by atomic mass is 10.00. The van der Waals surface area contributed by atoms with Crippen LogP contribution >= 0.6 is 23.6 Å². The van der Waals surface area contributed by atoms with Gasteiger partial charge in [-0.15, -0.1) is 11.3 Å². The molecule has 0 saturated carbocycles. The Morgan fingerprint density at radius 3 is 2.67 bits per heavy atom. The van der Waals surface area contributed by atoms with Crippen LogP contribution < -0.4 is 5.56 Å². The first-order valence-electron chi connectivity index (χ1n) is 11.2. The van der Waals surface area contributed by atoms with Gasteiger partial charge in [-0.2, -0.15) is 0 Å². The van der Waals surface area contributed by atoms with Gasteiger partial charge in [-0.3, -0.25) is 18.6 Å². The van der Waals surface area contributed by atoms with Crippen molar-refractivity contribution in [3.8, 4) is 10.4 Å². The van der Waals surface area contributed by atoms with E-state index < -0.39 is 0 Å². The second kappa shape index (κ2) is 8.83. The van der Waals surface area contributed by atoms with E-state index in [0.717, 1.165) is 42.7 Å². The van der Waals surface area contributed by atoms with E-state index in [0.29, 0.717) is 20.5 Å². The van der Waals surface area contributed by atoms with E-state index in [4.69, 9.17) is 12.2 Å². The van der Waals surface area contributed by atoms with Gasteiger partial charge >= 0.3 is 0 Å². The van der Waals surface area contributed by atoms with Crippen LogP contribution in [0.15, 0.2) is 53.3 Å². The smallest absolute Gasteiger partial charge is 0.262 e. The Labute approximate surface area is 199 Å². The highest BCUT2D eigenvalue weighted by atomic mass is 32.1. The van der Waals surface area contributed by atoms with Crippen molar-refractivity contribution in [2.75, 3.05) is 6.54 Å². The number of thiazole rings is 1. The first-order valence-corrected chi connectivity index (χ1v) is 12.4. The molecule has 2 aromatic heterocycles. The van der Waals surface area contributed by atoms with Gasteiger partial charge in [-0.25, -0.2) is 4.39 Å². The molecule has 1 saturated heterocycles. The standard InChI is InChI=1S/C25H24FN3O2S2/c1-2-18-7-5-6-14-27(18)21(30)15-28-23-22(16-10-12-17(26)13-11-16)33-25(32)29(23)20-9-4-3-8-19(20)24(28)31/h3-4,8-13,18H,2,5-7,14-15H2,1H3/t18-/m0/s1. The van der Waals surface area contributed by atoms with E-state index >= 15 is 0 Å². The van der Waals surface area contributed by atoms with Crippen LogP contribution in [0.3, 0.4) is 0 Å². The molecule has 1 aliphatic heterocycles. The minimum atomic E-state index is -0.334. The molecular weight excluding hydrogens is 457 g/mol. The Morgan fingerprint density at radius 1 is 1.15 bits per heavy atom. The van der Waals surface area contributed by atoms with Crippen molar-refractivity contribution < 1.29 is 9.18 Å². The first kappa shape index (κ1) is 22.0. The minimum absolute atomic E-state index is 0.0522. The van der Waals surface area contributed by atoms with Gasteiger partial charge in [-0.05, 0) is 67.7 Å². The molecule has 8 heteroatoms. The third-order valence-corrected chi connectivity index (χ3v) is 7.89. The molecule has 0 bridgehead atoms. The van der Waals surface area contributed by atoms with E-state index in [1.807, 2.05) is 27.5 Å². The molecule has 5 nitrogen and oxygen atoms in total. The van der Waals surface area contributed by atoms with Crippen LogP contribution in [0.25, 0.3) is 27.0 Å². The normalized spacial score (nSPS) is 16.5. The topological polar surface area (TPSA) is 46.7 Å². The van der Waals surface area contributed by atoms with Crippen molar-refractivity contribution in [3.63, 3.8) is 0 Å². The third-order valence-electron chi connectivity index (χ3n) is 6.48. The molecule has 3 heterocycles. The van der Waals surface area contributed by atoms with Gasteiger partial charge in [0, 0.05) is 12.6 Å². The average molecular weight is 482 g/mol. The number of likely N-dealkylation sites (tertiary alicyclic amines) is 1. The van der Waals surface area contributed by atoms with Crippen LogP contribution in [0.4, 0.5) is 4.39 Å². The SMILES string of the molecule is CC[C@H]1CCCCN1C(=O)Cn1c(=O)c2ccccc2n2c(=S)sc(-c3ccc(F)cc3)c12. The summed E-state index contributed by atoms with van der Waals surface area (Å²) in [4.78, 5) is 29.8. The second-order valence-corrected chi connectivity index (χ2v) is 10.1. The lowest BCUT2D eigenvalue weighted by Crippen LogP contribution is -2.46. The molecule has 1 fully saturated rings. The Balaban J connectivity index is 1.75. The van der Waals surface area contributed by atoms with Gasteiger partial charge in [0.1, 0.15) is 18.0 Å². The number of carbonyl (C=O) groups excluding carboxylic acids is 1. The Morgan fingerprint density at radius 2 is 1.91 bits per heavy atom. The van der Waals surface area contributed by atoms with Crippen molar-refractivity contribution in [2.45, 2.75) is 45.2 Å². The molecule has 2 aromatic carbocycles. The van der Waals surface area contributed by atoms with Gasteiger partial charge in [0.25, 0.3) is 5.56 Å². The number of carbonyl (C=O) groups is 1. The summed E-state index contributed by atoms with van der Waals surface area (Å²) in [7, 11) is 0. The van der Waals surface area contributed by atoms with E-state index in [-0.39, 0.29) is 29.9 Å². The first-order chi connectivity index (χ1) is 16.0. The molecule has 0 unspecified atom stereocenters. The maximum Gasteiger partial charge on any atom is 0.262 e. The van der Waals surface area contributed by atoms with E-state index in [2.05, 4.69) is 6.92 Å². The molecule has 1 aliphatic rings. The minimum Gasteiger partial charge on any atom is -0.338 e. The zero-order valence-corrected chi connectivity index (χ0v) is 19.9. The molecule has 33 heavy (non-hydrogen) atoms. The number of halogens is 1. The fourth-order valence-corrected chi connectivity index (χ4v) is 6.26. The fraction of sp³-hybridized carbons (Fsp3) is 0.320. The maximum absolute atomic E-state index is 13.6. The average Bonchev–Trinajstić information content (AvgIpc) is 3.19. The number of benzene rings is 2. The fourth-order valence-electron chi connectivity index (χ4n) is 4.83. The molecule has 5 rings (SSSR count). The van der Waals surface area contributed by atoms with Crippen LogP contribution in [-0.4, -0.2) is 32.4 Å². The summed E-state index contributed by atoms with van der Waals surface area (Å²) in [6, 6.07) is 13.7. The number of hydrogen-bond donors (Lipinski definition) is 0. The van der Waals surface area contributed by atoms with Crippen molar-refractivity contribution >= 4 is 46.0 Å². The lowest BCUT2D eigenvalue weighted by molar-refractivity contribution is -0.135. The molecule has 0 spiro atoms. The largest absolute Gasteiger partial charge is 0.338 e. The summed E-state index contributed by atoms with van der Waals surface area (Å²) in [6.45, 7) is 2.77. The van der Waals surface area contributed by atoms with Gasteiger partial charge in [0.2, 0.25) is 5.91 Å². The van der Waals surface area contributed by atoms with Crippen LogP contribution in [0.1, 0.15) is 32.6 Å². The lowest BCUT2D eigenvalue weighted by Gasteiger charge is -2.35. The van der Waals surface area contributed by atoms with Gasteiger partial charge < -0.3 is 4.90 Å². The predicted molar refractivity (Wildman–Crippen MR) is 133 cm³/mol. The zero-order chi connectivity index (χ0) is 23.1. The van der Waals surface area contributed by atoms with Crippen molar-refractivity contribution in [1.82, 2.24) is 13.9 Å². The van der Waals surface area contributed by atoms with Crippen LogP contribution in [-0.2, 0) is 11.3 Å². The highest BCUT2D eigenvalue weighted by molar-refractivity contribution is 7.73. The number of rotatable bonds is 4. The van der Waals surface area contributed by atoms with Crippen LogP contribution in [0, 0.1) is 9.77 Å². The zero-order valence-electron chi connectivity index (χ0n) is 18.3. The van der Waals surface area contributed by atoms with Crippen molar-refractivity contribution in [1.29, 1.82) is 0 Å². The Kier molecular flexibility index (Phi) is 5.88. The summed E-state index contributed by atoms with van der Waals surface area (Å²) in [6.07, 6.45) is 4.00. The monoisotopic (exact) mass is 481 g/mol. The van der Waals surface area contributed by atoms with E-state index in [9.17, 15) is 14.0 Å². The molecule has 170 valence electrons. The molecule has 1 amide bonds. The van der Waals surface area contributed by atoms with Gasteiger partial charge in [0.15, 0.2) is 3.95 Å². The van der Waals surface area contributed by atoms with Gasteiger partial charge in [0.05, 0.1) is 15.8 Å². The molecule has 0 N–H and O–H groups in total. The molecule has 0 radical (unpaired) electrons. The molecular formula is C25H24FN3O2S2. The van der Waals surface area contributed by atoms with Gasteiger partial charge in [-0.1, -0.05) is 31.2 Å². The Bertz CT molecular complexity index is 1470. The maximum atomic E-state index is 13.6. The van der Waals surface area contributed by atoms with Crippen LogP contribution in [0.2, 0.25) is 0 Å². The summed E-state index contributed by atoms with van der Waals surface area (Å²) in [5, 5.41) is 0.517. The number of para-hydroxylation sites is 1. The molecule has 0 aliphatic carbocycles. The molecule has 1 atom stereocenters. The van der Waals surface area contributed by atoms with Crippen molar-refractivity contribution in [3.05, 3.63) is 68.7 Å². The number of fused-ring (bicyclic) bond motifs is 3. The Hall–Kier alpha value is -2.84. The highest BCUT2D eigenvalue weighted by Gasteiger charge is 2.27. The van der Waals surface area contributed by atoms with E-state index in [1.165, 1.54) is 23.5 Å². The summed E-state index contributed by atoms with van der Waals surface area (Å²) >= 11 is 7.07. The number of aromatic nitrogens is 2. The number of amides is 1. The summed E-state index contributed by atoms with van der Waals surface area (Å²) < 4.78 is 17.6. The number of nitrogens with zero attached hydrogens (tertiary/aromatic N) is 3. The third kappa shape index (κ3) is 3.81.